The molecule has 9 nitrogen and oxygen atoms in total. The van der Waals surface area contributed by atoms with E-state index in [9.17, 15) is 9.18 Å². The maximum absolute atomic E-state index is 13.4. The molecule has 2 saturated heterocycles. The number of piperidine rings is 1. The van der Waals surface area contributed by atoms with Crippen molar-refractivity contribution < 1.29 is 23.4 Å². The molecule has 11 heteroatoms. The van der Waals surface area contributed by atoms with Crippen LogP contribution in [0.25, 0.3) is 10.9 Å². The molecule has 0 spiro atoms. The van der Waals surface area contributed by atoms with Crippen LogP contribution in [0.2, 0.25) is 5.02 Å². The SMILES string of the molecule is O=C(N1CCOCC1)N1CCC(Oc2cc3cncnc3cc2OCNc2ccc(F)c(Cl)c2)CC1. The van der Waals surface area contributed by atoms with Gasteiger partial charge in [-0.25, -0.2) is 19.2 Å². The normalized spacial score (nSPS) is 16.7. The highest BCUT2D eigenvalue weighted by Gasteiger charge is 2.28. The molecular formula is C25H27ClFN5O4. The van der Waals surface area contributed by atoms with Crippen LogP contribution < -0.4 is 14.8 Å². The highest BCUT2D eigenvalue weighted by Crippen LogP contribution is 2.34. The number of aromatic nitrogens is 2. The molecule has 0 saturated carbocycles. The molecule has 36 heavy (non-hydrogen) atoms. The van der Waals surface area contributed by atoms with Crippen molar-refractivity contribution in [1.82, 2.24) is 19.8 Å². The van der Waals surface area contributed by atoms with Gasteiger partial charge >= 0.3 is 6.03 Å². The van der Waals surface area contributed by atoms with Crippen LogP contribution in [0.5, 0.6) is 11.5 Å². The first-order valence-electron chi connectivity index (χ1n) is 11.9. The zero-order chi connectivity index (χ0) is 24.9. The second kappa shape index (κ2) is 11.1. The van der Waals surface area contributed by atoms with Crippen LogP contribution >= 0.6 is 11.6 Å². The summed E-state index contributed by atoms with van der Waals surface area (Å²) in [7, 11) is 0. The summed E-state index contributed by atoms with van der Waals surface area (Å²) in [4.78, 5) is 24.9. The molecule has 5 rings (SSSR count). The van der Waals surface area contributed by atoms with Gasteiger partial charge in [-0.2, -0.15) is 0 Å². The number of urea groups is 1. The largest absolute Gasteiger partial charge is 0.486 e. The number of amides is 2. The van der Waals surface area contributed by atoms with Gasteiger partial charge in [0.05, 0.1) is 23.8 Å². The number of benzene rings is 2. The minimum atomic E-state index is -0.481. The van der Waals surface area contributed by atoms with Crippen LogP contribution in [0.3, 0.4) is 0 Å². The van der Waals surface area contributed by atoms with Crippen molar-refractivity contribution in [2.24, 2.45) is 0 Å². The molecule has 3 aromatic rings. The van der Waals surface area contributed by atoms with Crippen LogP contribution in [0.1, 0.15) is 12.8 Å². The molecule has 2 aromatic carbocycles. The van der Waals surface area contributed by atoms with Gasteiger partial charge in [-0.05, 0) is 24.3 Å². The lowest BCUT2D eigenvalue weighted by Crippen LogP contribution is -2.51. The summed E-state index contributed by atoms with van der Waals surface area (Å²) in [5.41, 5.74) is 1.35. The summed E-state index contributed by atoms with van der Waals surface area (Å²) in [6.07, 6.45) is 4.57. The topological polar surface area (TPSA) is 89.1 Å². The smallest absolute Gasteiger partial charge is 0.320 e. The fourth-order valence-corrected chi connectivity index (χ4v) is 4.48. The fraction of sp³-hybridized carbons (Fsp3) is 0.400. The van der Waals surface area contributed by atoms with E-state index in [0.29, 0.717) is 69.4 Å². The second-order valence-corrected chi connectivity index (χ2v) is 9.07. The fourth-order valence-electron chi connectivity index (χ4n) is 4.30. The number of likely N-dealkylation sites (tertiary alicyclic amines) is 1. The predicted octanol–water partition coefficient (Wildman–Crippen LogP) is 4.17. The molecule has 2 aliphatic rings. The van der Waals surface area contributed by atoms with E-state index in [0.717, 1.165) is 10.9 Å². The van der Waals surface area contributed by atoms with Gasteiger partial charge in [0.25, 0.3) is 0 Å². The number of carbonyl (C=O) groups is 1. The van der Waals surface area contributed by atoms with Gasteiger partial charge in [0.2, 0.25) is 0 Å². The Balaban J connectivity index is 1.23. The predicted molar refractivity (Wildman–Crippen MR) is 133 cm³/mol. The van der Waals surface area contributed by atoms with E-state index in [1.165, 1.54) is 18.5 Å². The first kappa shape index (κ1) is 24.3. The standard InChI is InChI=1S/C25H27ClFN5O4/c26-20-12-18(1-2-21(20)27)30-16-35-23-13-22-17(14-28-15-29-22)11-24(23)36-19-3-5-31(6-4-19)25(33)32-7-9-34-10-8-32/h1-2,11-15,19,30H,3-10,16H2. The summed E-state index contributed by atoms with van der Waals surface area (Å²) >= 11 is 5.86. The third kappa shape index (κ3) is 5.71. The van der Waals surface area contributed by atoms with Crippen molar-refractivity contribution in [3.63, 3.8) is 0 Å². The number of nitrogens with zero attached hydrogens (tertiary/aromatic N) is 4. The molecule has 2 fully saturated rings. The van der Waals surface area contributed by atoms with E-state index in [4.69, 9.17) is 25.8 Å². The van der Waals surface area contributed by atoms with Crippen molar-refractivity contribution in [1.29, 1.82) is 0 Å². The second-order valence-electron chi connectivity index (χ2n) is 8.66. The van der Waals surface area contributed by atoms with Crippen LogP contribution in [-0.4, -0.2) is 78.0 Å². The average molecular weight is 516 g/mol. The third-order valence-corrected chi connectivity index (χ3v) is 6.57. The molecule has 0 unspecified atom stereocenters. The van der Waals surface area contributed by atoms with Gasteiger partial charge in [-0.1, -0.05) is 11.6 Å². The van der Waals surface area contributed by atoms with E-state index in [-0.39, 0.29) is 23.9 Å². The lowest BCUT2D eigenvalue weighted by atomic mass is 10.1. The van der Waals surface area contributed by atoms with E-state index in [1.54, 1.807) is 12.3 Å². The number of hydrogen-bond donors (Lipinski definition) is 1. The van der Waals surface area contributed by atoms with Crippen molar-refractivity contribution in [2.45, 2.75) is 18.9 Å². The molecule has 2 aliphatic heterocycles. The highest BCUT2D eigenvalue weighted by molar-refractivity contribution is 6.31. The molecule has 0 aliphatic carbocycles. The number of fused-ring (bicyclic) bond motifs is 1. The van der Waals surface area contributed by atoms with Crippen LogP contribution in [0.4, 0.5) is 14.9 Å². The Kier molecular flexibility index (Phi) is 7.52. The number of morpholine rings is 1. The number of nitrogens with one attached hydrogen (secondary N) is 1. The summed E-state index contributed by atoms with van der Waals surface area (Å²) in [5, 5.41) is 3.93. The Labute approximate surface area is 213 Å². The molecule has 1 N–H and O–H groups in total. The van der Waals surface area contributed by atoms with Crippen molar-refractivity contribution in [3.8, 4) is 11.5 Å². The molecule has 0 atom stereocenters. The van der Waals surface area contributed by atoms with Gasteiger partial charge in [0.1, 0.15) is 18.2 Å². The summed E-state index contributed by atoms with van der Waals surface area (Å²) in [5.74, 6) is 0.619. The molecule has 3 heterocycles. The van der Waals surface area contributed by atoms with Crippen LogP contribution in [0.15, 0.2) is 42.9 Å². The lowest BCUT2D eigenvalue weighted by Gasteiger charge is -2.37. The Hall–Kier alpha value is -3.37. The quantitative estimate of drug-likeness (QED) is 0.493. The minimum absolute atomic E-state index is 0.0323. The molecule has 2 amide bonds. The number of ether oxygens (including phenoxy) is 3. The Bertz CT molecular complexity index is 1220. The lowest BCUT2D eigenvalue weighted by molar-refractivity contribution is 0.0358. The van der Waals surface area contributed by atoms with Gasteiger partial charge in [-0.3, -0.25) is 0 Å². The van der Waals surface area contributed by atoms with Gasteiger partial charge in [0.15, 0.2) is 18.2 Å². The number of carbonyl (C=O) groups excluding carboxylic acids is 1. The number of hydrogen-bond acceptors (Lipinski definition) is 7. The average Bonchev–Trinajstić information content (AvgIpc) is 2.91. The molecule has 1 aromatic heterocycles. The van der Waals surface area contributed by atoms with Gasteiger partial charge in [0, 0.05) is 62.4 Å². The zero-order valence-electron chi connectivity index (χ0n) is 19.7. The zero-order valence-corrected chi connectivity index (χ0v) is 20.4. The Morgan fingerprint density at radius 1 is 1.11 bits per heavy atom. The van der Waals surface area contributed by atoms with Crippen molar-refractivity contribution >= 4 is 34.2 Å². The summed E-state index contributed by atoms with van der Waals surface area (Å²) in [6, 6.07) is 8.12. The monoisotopic (exact) mass is 515 g/mol. The van der Waals surface area contributed by atoms with Gasteiger partial charge in [-0.15, -0.1) is 0 Å². The molecule has 190 valence electrons. The first-order chi connectivity index (χ1) is 17.6. The molecular weight excluding hydrogens is 489 g/mol. The first-order valence-corrected chi connectivity index (χ1v) is 12.3. The molecule has 0 radical (unpaired) electrons. The van der Waals surface area contributed by atoms with E-state index in [2.05, 4.69) is 15.3 Å². The number of anilines is 1. The third-order valence-electron chi connectivity index (χ3n) is 6.28. The van der Waals surface area contributed by atoms with E-state index < -0.39 is 5.82 Å². The number of halogens is 2. The van der Waals surface area contributed by atoms with Crippen molar-refractivity contribution in [2.75, 3.05) is 51.4 Å². The maximum Gasteiger partial charge on any atom is 0.320 e. The summed E-state index contributed by atoms with van der Waals surface area (Å²) < 4.78 is 31.1. The minimum Gasteiger partial charge on any atom is -0.486 e. The van der Waals surface area contributed by atoms with Crippen LogP contribution in [0, 0.1) is 5.82 Å². The van der Waals surface area contributed by atoms with E-state index in [1.807, 2.05) is 21.9 Å². The Morgan fingerprint density at radius 2 is 1.89 bits per heavy atom. The maximum atomic E-state index is 13.4. The Morgan fingerprint density at radius 3 is 2.67 bits per heavy atom. The summed E-state index contributed by atoms with van der Waals surface area (Å²) in [6.45, 7) is 3.80. The van der Waals surface area contributed by atoms with Crippen molar-refractivity contribution in [3.05, 3.63) is 53.7 Å². The molecule has 0 bridgehead atoms. The highest BCUT2D eigenvalue weighted by atomic mass is 35.5. The van der Waals surface area contributed by atoms with E-state index >= 15 is 0 Å². The van der Waals surface area contributed by atoms with Crippen LogP contribution in [-0.2, 0) is 4.74 Å². The van der Waals surface area contributed by atoms with Gasteiger partial charge < -0.3 is 29.3 Å². The number of rotatable bonds is 6.